The monoisotopic (exact) mass is 249 g/mol. The topological polar surface area (TPSA) is 41.5 Å². The SMILES string of the molecule is CCC(CO)NC1CC(c2ccccc2OC)C1. The second-order valence-corrected chi connectivity index (χ2v) is 5.06. The third kappa shape index (κ3) is 2.85. The van der Waals surface area contributed by atoms with Gasteiger partial charge in [-0.3, -0.25) is 0 Å². The van der Waals surface area contributed by atoms with E-state index in [0.29, 0.717) is 12.0 Å². The number of aliphatic hydroxyl groups is 1. The molecule has 1 aromatic carbocycles. The van der Waals surface area contributed by atoms with Crippen molar-refractivity contribution in [2.75, 3.05) is 13.7 Å². The predicted molar refractivity (Wildman–Crippen MR) is 73.1 cm³/mol. The summed E-state index contributed by atoms with van der Waals surface area (Å²) in [5, 5.41) is 12.7. The number of ether oxygens (including phenoxy) is 1. The van der Waals surface area contributed by atoms with Crippen molar-refractivity contribution in [2.24, 2.45) is 0 Å². The first-order valence-corrected chi connectivity index (χ1v) is 6.78. The summed E-state index contributed by atoms with van der Waals surface area (Å²) in [5.41, 5.74) is 1.31. The lowest BCUT2D eigenvalue weighted by Crippen LogP contribution is -2.46. The van der Waals surface area contributed by atoms with Gasteiger partial charge in [0.1, 0.15) is 5.75 Å². The van der Waals surface area contributed by atoms with E-state index >= 15 is 0 Å². The maximum Gasteiger partial charge on any atom is 0.122 e. The first-order chi connectivity index (χ1) is 8.78. The Morgan fingerprint density at radius 2 is 2.11 bits per heavy atom. The Kier molecular flexibility index (Phi) is 4.61. The standard InChI is InChI=1S/C15H23NO2/c1-3-12(10-17)16-13-8-11(9-13)14-6-4-5-7-15(14)18-2/h4-7,11-13,16-17H,3,8-10H2,1-2H3. The minimum atomic E-state index is 0.228. The second kappa shape index (κ2) is 6.21. The molecule has 0 saturated heterocycles. The molecule has 1 atom stereocenters. The Hall–Kier alpha value is -1.06. The molecule has 1 aromatic rings. The van der Waals surface area contributed by atoms with E-state index in [1.807, 2.05) is 12.1 Å². The molecule has 1 unspecified atom stereocenters. The molecule has 0 radical (unpaired) electrons. The van der Waals surface area contributed by atoms with Gasteiger partial charge in [-0.2, -0.15) is 0 Å². The largest absolute Gasteiger partial charge is 0.496 e. The van der Waals surface area contributed by atoms with Crippen molar-refractivity contribution in [2.45, 2.75) is 44.2 Å². The molecule has 18 heavy (non-hydrogen) atoms. The molecule has 2 rings (SSSR count). The molecule has 3 nitrogen and oxygen atoms in total. The molecule has 2 N–H and O–H groups in total. The summed E-state index contributed by atoms with van der Waals surface area (Å²) < 4.78 is 5.40. The van der Waals surface area contributed by atoms with Crippen LogP contribution in [0, 0.1) is 0 Å². The summed E-state index contributed by atoms with van der Waals surface area (Å²) in [6.45, 7) is 2.33. The van der Waals surface area contributed by atoms with Gasteiger partial charge in [0.15, 0.2) is 0 Å². The van der Waals surface area contributed by atoms with Crippen LogP contribution in [0.2, 0.25) is 0 Å². The van der Waals surface area contributed by atoms with Crippen LogP contribution >= 0.6 is 0 Å². The van der Waals surface area contributed by atoms with Crippen molar-refractivity contribution in [3.63, 3.8) is 0 Å². The minimum Gasteiger partial charge on any atom is -0.496 e. The fraction of sp³-hybridized carbons (Fsp3) is 0.600. The molecule has 1 fully saturated rings. The third-order valence-electron chi connectivity index (χ3n) is 3.90. The Balaban J connectivity index is 1.88. The highest BCUT2D eigenvalue weighted by Crippen LogP contribution is 2.41. The number of hydrogen-bond acceptors (Lipinski definition) is 3. The van der Waals surface area contributed by atoms with E-state index in [-0.39, 0.29) is 12.6 Å². The molecule has 0 aromatic heterocycles. The van der Waals surface area contributed by atoms with Gasteiger partial charge in [-0.1, -0.05) is 25.1 Å². The van der Waals surface area contributed by atoms with Crippen molar-refractivity contribution in [1.29, 1.82) is 0 Å². The maximum absolute atomic E-state index is 9.18. The van der Waals surface area contributed by atoms with Gasteiger partial charge in [-0.05, 0) is 36.8 Å². The van der Waals surface area contributed by atoms with Gasteiger partial charge in [-0.15, -0.1) is 0 Å². The number of rotatable bonds is 6. The normalized spacial score (nSPS) is 24.4. The van der Waals surface area contributed by atoms with Crippen LogP contribution in [0.15, 0.2) is 24.3 Å². The Morgan fingerprint density at radius 3 is 2.72 bits per heavy atom. The zero-order valence-electron chi connectivity index (χ0n) is 11.2. The zero-order valence-corrected chi connectivity index (χ0v) is 11.2. The second-order valence-electron chi connectivity index (χ2n) is 5.06. The summed E-state index contributed by atoms with van der Waals surface area (Å²) in [6.07, 6.45) is 3.25. The third-order valence-corrected chi connectivity index (χ3v) is 3.90. The first kappa shape index (κ1) is 13.4. The Morgan fingerprint density at radius 1 is 1.39 bits per heavy atom. The molecule has 0 amide bonds. The van der Waals surface area contributed by atoms with Crippen molar-refractivity contribution in [3.8, 4) is 5.75 Å². The smallest absolute Gasteiger partial charge is 0.122 e. The average molecular weight is 249 g/mol. The molecule has 0 spiro atoms. The molecular weight excluding hydrogens is 226 g/mol. The lowest BCUT2D eigenvalue weighted by molar-refractivity contribution is 0.192. The number of para-hydroxylation sites is 1. The van der Waals surface area contributed by atoms with Crippen LogP contribution < -0.4 is 10.1 Å². The highest BCUT2D eigenvalue weighted by Gasteiger charge is 2.32. The fourth-order valence-electron chi connectivity index (χ4n) is 2.64. The van der Waals surface area contributed by atoms with E-state index in [4.69, 9.17) is 4.74 Å². The summed E-state index contributed by atoms with van der Waals surface area (Å²) in [7, 11) is 1.73. The Labute approximate surface area is 109 Å². The van der Waals surface area contributed by atoms with Crippen LogP contribution in [0.25, 0.3) is 0 Å². The molecule has 0 heterocycles. The van der Waals surface area contributed by atoms with Crippen LogP contribution in [-0.2, 0) is 0 Å². The molecule has 100 valence electrons. The lowest BCUT2D eigenvalue weighted by atomic mass is 9.75. The van der Waals surface area contributed by atoms with Gasteiger partial charge in [-0.25, -0.2) is 0 Å². The fourth-order valence-corrected chi connectivity index (χ4v) is 2.64. The van der Waals surface area contributed by atoms with Crippen LogP contribution in [0.5, 0.6) is 5.75 Å². The molecular formula is C15H23NO2. The lowest BCUT2D eigenvalue weighted by Gasteiger charge is -2.38. The molecule has 0 bridgehead atoms. The number of methoxy groups -OCH3 is 1. The van der Waals surface area contributed by atoms with E-state index in [1.54, 1.807) is 7.11 Å². The summed E-state index contributed by atoms with van der Waals surface area (Å²) in [5.74, 6) is 1.59. The van der Waals surface area contributed by atoms with Crippen molar-refractivity contribution < 1.29 is 9.84 Å². The van der Waals surface area contributed by atoms with Gasteiger partial charge in [0.05, 0.1) is 13.7 Å². The number of hydrogen-bond donors (Lipinski definition) is 2. The van der Waals surface area contributed by atoms with Crippen molar-refractivity contribution >= 4 is 0 Å². The minimum absolute atomic E-state index is 0.228. The first-order valence-electron chi connectivity index (χ1n) is 6.78. The number of aliphatic hydroxyl groups excluding tert-OH is 1. The number of benzene rings is 1. The highest BCUT2D eigenvalue weighted by atomic mass is 16.5. The van der Waals surface area contributed by atoms with Crippen LogP contribution in [0.1, 0.15) is 37.7 Å². The van der Waals surface area contributed by atoms with E-state index in [1.165, 1.54) is 5.56 Å². The molecule has 3 heteroatoms. The van der Waals surface area contributed by atoms with E-state index < -0.39 is 0 Å². The summed E-state index contributed by atoms with van der Waals surface area (Å²) in [6, 6.07) is 9.05. The van der Waals surface area contributed by atoms with Crippen LogP contribution in [0.3, 0.4) is 0 Å². The van der Waals surface area contributed by atoms with Crippen molar-refractivity contribution in [1.82, 2.24) is 5.32 Å². The predicted octanol–water partition coefficient (Wildman–Crippen LogP) is 2.30. The molecule has 1 aliphatic rings. The maximum atomic E-state index is 9.18. The van der Waals surface area contributed by atoms with Gasteiger partial charge in [0.25, 0.3) is 0 Å². The van der Waals surface area contributed by atoms with Crippen LogP contribution in [0.4, 0.5) is 0 Å². The quantitative estimate of drug-likeness (QED) is 0.813. The van der Waals surface area contributed by atoms with Crippen molar-refractivity contribution in [3.05, 3.63) is 29.8 Å². The molecule has 0 aliphatic heterocycles. The summed E-state index contributed by atoms with van der Waals surface area (Å²) in [4.78, 5) is 0. The van der Waals surface area contributed by atoms with Crippen LogP contribution in [-0.4, -0.2) is 30.9 Å². The zero-order chi connectivity index (χ0) is 13.0. The summed E-state index contributed by atoms with van der Waals surface area (Å²) >= 11 is 0. The average Bonchev–Trinajstić information content (AvgIpc) is 2.38. The van der Waals surface area contributed by atoms with Gasteiger partial charge >= 0.3 is 0 Å². The van der Waals surface area contributed by atoms with Gasteiger partial charge in [0.2, 0.25) is 0 Å². The molecule has 1 saturated carbocycles. The van der Waals surface area contributed by atoms with Gasteiger partial charge in [0, 0.05) is 12.1 Å². The van der Waals surface area contributed by atoms with E-state index in [0.717, 1.165) is 25.0 Å². The van der Waals surface area contributed by atoms with Gasteiger partial charge < -0.3 is 15.2 Å². The van der Waals surface area contributed by atoms with E-state index in [9.17, 15) is 5.11 Å². The Bertz CT molecular complexity index is 371. The molecule has 1 aliphatic carbocycles. The number of nitrogens with one attached hydrogen (secondary N) is 1. The van der Waals surface area contributed by atoms with E-state index in [2.05, 4.69) is 24.4 Å². The highest BCUT2D eigenvalue weighted by molar-refractivity contribution is 5.37.